The lowest BCUT2D eigenvalue weighted by Gasteiger charge is -2.04. The second-order valence-corrected chi connectivity index (χ2v) is 8.18. The Labute approximate surface area is 178 Å². The molecule has 0 saturated carbocycles. The fourth-order valence-corrected chi connectivity index (χ4v) is 4.10. The van der Waals surface area contributed by atoms with Gasteiger partial charge in [0.1, 0.15) is 11.6 Å². The first-order valence-corrected chi connectivity index (χ1v) is 10.5. The van der Waals surface area contributed by atoms with Crippen LogP contribution in [0.2, 0.25) is 0 Å². The minimum absolute atomic E-state index is 0.0778. The van der Waals surface area contributed by atoms with Crippen LogP contribution in [0.25, 0.3) is 5.69 Å². The second kappa shape index (κ2) is 9.09. The van der Waals surface area contributed by atoms with Gasteiger partial charge >= 0.3 is 0 Å². The SMILES string of the molecule is O=C(CSc1nnnn1-c1ccc(F)cc1)Nc1ncc(Cc2ccc(F)cc2)s1. The molecule has 0 aliphatic rings. The van der Waals surface area contributed by atoms with Crippen LogP contribution < -0.4 is 5.32 Å². The summed E-state index contributed by atoms with van der Waals surface area (Å²) in [4.78, 5) is 17.4. The Morgan fingerprint density at radius 3 is 2.50 bits per heavy atom. The number of nitrogens with one attached hydrogen (secondary N) is 1. The first-order chi connectivity index (χ1) is 14.6. The summed E-state index contributed by atoms with van der Waals surface area (Å²) in [5.74, 6) is -0.813. The molecule has 0 fully saturated rings. The van der Waals surface area contributed by atoms with Gasteiger partial charge in [0.2, 0.25) is 11.1 Å². The average Bonchev–Trinajstić information content (AvgIpc) is 3.38. The smallest absolute Gasteiger partial charge is 0.236 e. The summed E-state index contributed by atoms with van der Waals surface area (Å²) in [7, 11) is 0. The molecule has 0 atom stereocenters. The van der Waals surface area contributed by atoms with E-state index in [1.165, 1.54) is 40.3 Å². The summed E-state index contributed by atoms with van der Waals surface area (Å²) in [5, 5.41) is 15.0. The van der Waals surface area contributed by atoms with E-state index >= 15 is 0 Å². The first kappa shape index (κ1) is 20.1. The molecule has 0 radical (unpaired) electrons. The van der Waals surface area contributed by atoms with Crippen molar-refractivity contribution in [2.75, 3.05) is 11.1 Å². The number of aromatic nitrogens is 5. The molecular formula is C19H14F2N6OS2. The highest BCUT2D eigenvalue weighted by molar-refractivity contribution is 7.99. The number of amides is 1. The van der Waals surface area contributed by atoms with E-state index in [1.54, 1.807) is 30.5 Å². The zero-order chi connectivity index (χ0) is 20.9. The third-order valence-corrected chi connectivity index (χ3v) is 5.77. The topological polar surface area (TPSA) is 85.6 Å². The van der Waals surface area contributed by atoms with Crippen molar-refractivity contribution >= 4 is 34.1 Å². The molecule has 7 nitrogen and oxygen atoms in total. The van der Waals surface area contributed by atoms with Gasteiger partial charge in [-0.05, 0) is 52.4 Å². The van der Waals surface area contributed by atoms with Crippen LogP contribution in [0.3, 0.4) is 0 Å². The molecule has 2 aromatic heterocycles. The molecule has 0 unspecified atom stereocenters. The van der Waals surface area contributed by atoms with Gasteiger partial charge in [-0.25, -0.2) is 13.8 Å². The standard InChI is InChI=1S/C19H14F2N6OS2/c20-13-3-1-12(2-4-13)9-16-10-22-18(30-16)23-17(28)11-29-19-24-25-26-27(19)15-7-5-14(21)6-8-15/h1-8,10H,9,11H2,(H,22,23,28). The quantitative estimate of drug-likeness (QED) is 0.438. The summed E-state index contributed by atoms with van der Waals surface area (Å²) in [6.45, 7) is 0. The number of hydrogen-bond donors (Lipinski definition) is 1. The summed E-state index contributed by atoms with van der Waals surface area (Å²) in [6, 6.07) is 12.0. The molecule has 0 saturated heterocycles. The number of carbonyl (C=O) groups is 1. The molecule has 4 aromatic rings. The molecule has 0 bridgehead atoms. The average molecular weight is 444 g/mol. The molecule has 0 spiro atoms. The van der Waals surface area contributed by atoms with Crippen LogP contribution in [-0.2, 0) is 11.2 Å². The number of benzene rings is 2. The van der Waals surface area contributed by atoms with Gasteiger partial charge < -0.3 is 5.32 Å². The molecular weight excluding hydrogens is 430 g/mol. The minimum Gasteiger partial charge on any atom is -0.301 e. The number of thiazole rings is 1. The molecule has 1 amide bonds. The number of anilines is 1. The molecule has 0 aliphatic heterocycles. The summed E-state index contributed by atoms with van der Waals surface area (Å²) in [5.41, 5.74) is 1.55. The van der Waals surface area contributed by atoms with Gasteiger partial charge in [-0.15, -0.1) is 16.4 Å². The maximum Gasteiger partial charge on any atom is 0.236 e. The lowest BCUT2D eigenvalue weighted by atomic mass is 10.1. The fourth-order valence-electron chi connectivity index (χ4n) is 2.55. The van der Waals surface area contributed by atoms with Gasteiger partial charge in [-0.2, -0.15) is 4.68 Å². The van der Waals surface area contributed by atoms with Crippen molar-refractivity contribution in [2.24, 2.45) is 0 Å². The number of halogens is 2. The summed E-state index contributed by atoms with van der Waals surface area (Å²) >= 11 is 2.51. The zero-order valence-corrected chi connectivity index (χ0v) is 17.0. The van der Waals surface area contributed by atoms with Crippen molar-refractivity contribution in [3.05, 3.63) is 76.8 Å². The highest BCUT2D eigenvalue weighted by Gasteiger charge is 2.13. The van der Waals surface area contributed by atoms with E-state index in [4.69, 9.17) is 0 Å². The van der Waals surface area contributed by atoms with E-state index in [0.29, 0.717) is 22.4 Å². The Morgan fingerprint density at radius 2 is 1.77 bits per heavy atom. The summed E-state index contributed by atoms with van der Waals surface area (Å²) in [6.07, 6.45) is 2.29. The molecule has 11 heteroatoms. The van der Waals surface area contributed by atoms with Gasteiger partial charge in [0.15, 0.2) is 5.13 Å². The normalized spacial score (nSPS) is 10.9. The number of carbonyl (C=O) groups excluding carboxylic acids is 1. The Bertz CT molecular complexity index is 1140. The number of hydrogen-bond acceptors (Lipinski definition) is 7. The number of thioether (sulfide) groups is 1. The van der Waals surface area contributed by atoms with Crippen molar-refractivity contribution in [3.8, 4) is 5.69 Å². The molecule has 4 rings (SSSR count). The maximum absolute atomic E-state index is 13.1. The highest BCUT2D eigenvalue weighted by atomic mass is 32.2. The third-order valence-electron chi connectivity index (χ3n) is 3.94. The first-order valence-electron chi connectivity index (χ1n) is 8.73. The van der Waals surface area contributed by atoms with Gasteiger partial charge in [0, 0.05) is 17.5 Å². The van der Waals surface area contributed by atoms with Crippen LogP contribution in [0.5, 0.6) is 0 Å². The van der Waals surface area contributed by atoms with Gasteiger partial charge in [0.05, 0.1) is 11.4 Å². The van der Waals surface area contributed by atoms with Crippen LogP contribution in [0.15, 0.2) is 59.9 Å². The second-order valence-electron chi connectivity index (χ2n) is 6.12. The van der Waals surface area contributed by atoms with Crippen LogP contribution in [0, 0.1) is 11.6 Å². The van der Waals surface area contributed by atoms with Crippen molar-refractivity contribution in [1.82, 2.24) is 25.2 Å². The van der Waals surface area contributed by atoms with Crippen LogP contribution >= 0.6 is 23.1 Å². The third kappa shape index (κ3) is 5.05. The Hall–Kier alpha value is -3.18. The van der Waals surface area contributed by atoms with E-state index in [9.17, 15) is 13.6 Å². The van der Waals surface area contributed by atoms with E-state index in [2.05, 4.69) is 25.8 Å². The number of tetrazole rings is 1. The lowest BCUT2D eigenvalue weighted by molar-refractivity contribution is -0.113. The van der Waals surface area contributed by atoms with Crippen LogP contribution in [0.1, 0.15) is 10.4 Å². The van der Waals surface area contributed by atoms with Crippen molar-refractivity contribution in [2.45, 2.75) is 11.6 Å². The Morgan fingerprint density at radius 1 is 1.07 bits per heavy atom. The fraction of sp³-hybridized carbons (Fsp3) is 0.105. The molecule has 1 N–H and O–H groups in total. The van der Waals surface area contributed by atoms with Gasteiger partial charge in [0.25, 0.3) is 0 Å². The zero-order valence-electron chi connectivity index (χ0n) is 15.3. The monoisotopic (exact) mass is 444 g/mol. The predicted octanol–water partition coefficient (Wildman–Crippen LogP) is 3.72. The van der Waals surface area contributed by atoms with Gasteiger partial charge in [-0.1, -0.05) is 23.9 Å². The highest BCUT2D eigenvalue weighted by Crippen LogP contribution is 2.23. The Balaban J connectivity index is 1.33. The molecule has 0 aliphatic carbocycles. The summed E-state index contributed by atoms with van der Waals surface area (Å²) < 4.78 is 27.5. The number of nitrogens with zero attached hydrogens (tertiary/aromatic N) is 5. The molecule has 152 valence electrons. The molecule has 30 heavy (non-hydrogen) atoms. The van der Waals surface area contributed by atoms with E-state index in [1.807, 2.05) is 0 Å². The van der Waals surface area contributed by atoms with Crippen LogP contribution in [0.4, 0.5) is 13.9 Å². The largest absolute Gasteiger partial charge is 0.301 e. The molecule has 2 heterocycles. The van der Waals surface area contributed by atoms with Crippen molar-refractivity contribution < 1.29 is 13.6 Å². The predicted molar refractivity (Wildman–Crippen MR) is 110 cm³/mol. The van der Waals surface area contributed by atoms with E-state index in [-0.39, 0.29) is 23.3 Å². The maximum atomic E-state index is 13.1. The number of rotatable bonds is 7. The lowest BCUT2D eigenvalue weighted by Crippen LogP contribution is -2.14. The van der Waals surface area contributed by atoms with Crippen LogP contribution in [-0.4, -0.2) is 36.9 Å². The van der Waals surface area contributed by atoms with Gasteiger partial charge in [-0.3, -0.25) is 4.79 Å². The van der Waals surface area contributed by atoms with E-state index < -0.39 is 0 Å². The van der Waals surface area contributed by atoms with E-state index in [0.717, 1.165) is 22.2 Å². The molecule has 2 aromatic carbocycles. The Kier molecular flexibility index (Phi) is 6.10. The van der Waals surface area contributed by atoms with Crippen molar-refractivity contribution in [3.63, 3.8) is 0 Å². The van der Waals surface area contributed by atoms with Crippen molar-refractivity contribution in [1.29, 1.82) is 0 Å². The minimum atomic E-state index is -0.359.